The first-order valence-corrected chi connectivity index (χ1v) is 10.2. The second kappa shape index (κ2) is 8.22. The predicted octanol–water partition coefficient (Wildman–Crippen LogP) is 3.77. The summed E-state index contributed by atoms with van der Waals surface area (Å²) in [5.74, 6) is 0.696. The van der Waals surface area contributed by atoms with E-state index in [9.17, 15) is 5.11 Å². The van der Waals surface area contributed by atoms with Gasteiger partial charge >= 0.3 is 6.01 Å². The first-order chi connectivity index (χ1) is 14.7. The number of H-pyrrole nitrogens is 1. The molecular weight excluding hydrogens is 378 g/mol. The number of aromatic amines is 1. The molecule has 2 N–H and O–H groups in total. The molecule has 0 saturated carbocycles. The summed E-state index contributed by atoms with van der Waals surface area (Å²) < 4.78 is 5.90. The maximum absolute atomic E-state index is 9.68. The Labute approximate surface area is 174 Å². The molecule has 1 aliphatic rings. The maximum Gasteiger partial charge on any atom is 0.322 e. The van der Waals surface area contributed by atoms with Crippen molar-refractivity contribution < 1.29 is 9.84 Å². The van der Waals surface area contributed by atoms with Gasteiger partial charge in [-0.3, -0.25) is 10.00 Å². The van der Waals surface area contributed by atoms with E-state index in [0.29, 0.717) is 11.8 Å². The minimum absolute atomic E-state index is 0.138. The number of rotatable bonds is 5. The Kier molecular flexibility index (Phi) is 5.13. The Morgan fingerprint density at radius 2 is 1.83 bits per heavy atom. The van der Waals surface area contributed by atoms with Crippen molar-refractivity contribution in [2.75, 3.05) is 13.1 Å². The lowest BCUT2D eigenvalue weighted by atomic mass is 10.0. The van der Waals surface area contributed by atoms with E-state index in [2.05, 4.69) is 49.3 Å². The average molecular weight is 401 g/mol. The van der Waals surface area contributed by atoms with Crippen molar-refractivity contribution in [1.82, 2.24) is 25.1 Å². The zero-order chi connectivity index (χ0) is 20.3. The third-order valence-corrected chi connectivity index (χ3v) is 5.46. The van der Waals surface area contributed by atoms with Crippen LogP contribution in [0.3, 0.4) is 0 Å². The summed E-state index contributed by atoms with van der Waals surface area (Å²) in [7, 11) is 0. The average Bonchev–Trinajstić information content (AvgIpc) is 3.31. The van der Waals surface area contributed by atoms with Crippen LogP contribution in [0.1, 0.15) is 18.4 Å². The van der Waals surface area contributed by atoms with Crippen LogP contribution in [-0.2, 0) is 6.54 Å². The van der Waals surface area contributed by atoms with Crippen molar-refractivity contribution in [3.8, 4) is 23.1 Å². The largest absolute Gasteiger partial charge is 0.424 e. The SMILES string of the molecule is OC1CCN(Cc2ccc3cc(Oc4nccc(-c5ccn[nH]5)n4)ccc3c2)CC1. The van der Waals surface area contributed by atoms with Gasteiger partial charge < -0.3 is 9.84 Å². The molecule has 1 fully saturated rings. The summed E-state index contributed by atoms with van der Waals surface area (Å²) in [4.78, 5) is 11.1. The fraction of sp³-hybridized carbons (Fsp3) is 0.261. The lowest BCUT2D eigenvalue weighted by Gasteiger charge is -2.29. The van der Waals surface area contributed by atoms with Crippen LogP contribution < -0.4 is 4.74 Å². The lowest BCUT2D eigenvalue weighted by molar-refractivity contribution is 0.0792. The molecule has 7 nitrogen and oxygen atoms in total. The van der Waals surface area contributed by atoms with E-state index < -0.39 is 0 Å². The predicted molar refractivity (Wildman–Crippen MR) is 114 cm³/mol. The molecule has 152 valence electrons. The Bertz CT molecular complexity index is 1140. The summed E-state index contributed by atoms with van der Waals surface area (Å²) >= 11 is 0. The van der Waals surface area contributed by atoms with Crippen LogP contribution in [-0.4, -0.2) is 49.4 Å². The molecule has 0 unspecified atom stereocenters. The quantitative estimate of drug-likeness (QED) is 0.529. The minimum Gasteiger partial charge on any atom is -0.424 e. The van der Waals surface area contributed by atoms with Gasteiger partial charge in [0.15, 0.2) is 0 Å². The highest BCUT2D eigenvalue weighted by Gasteiger charge is 2.17. The number of ether oxygens (including phenoxy) is 1. The summed E-state index contributed by atoms with van der Waals surface area (Å²) in [6.45, 7) is 2.81. The van der Waals surface area contributed by atoms with Crippen LogP contribution in [0.15, 0.2) is 60.9 Å². The molecule has 0 bridgehead atoms. The first-order valence-electron chi connectivity index (χ1n) is 10.2. The van der Waals surface area contributed by atoms with Crippen molar-refractivity contribution in [2.45, 2.75) is 25.5 Å². The maximum atomic E-state index is 9.68. The van der Waals surface area contributed by atoms with Gasteiger partial charge in [0.1, 0.15) is 5.75 Å². The summed E-state index contributed by atoms with van der Waals surface area (Å²) in [6.07, 6.45) is 4.94. The van der Waals surface area contributed by atoms with E-state index in [1.165, 1.54) is 10.9 Å². The summed E-state index contributed by atoms with van der Waals surface area (Å²) in [5, 5.41) is 18.8. The molecule has 0 atom stereocenters. The zero-order valence-corrected chi connectivity index (χ0v) is 16.5. The highest BCUT2D eigenvalue weighted by molar-refractivity contribution is 5.84. The first kappa shape index (κ1) is 18.7. The number of piperidine rings is 1. The molecule has 1 saturated heterocycles. The lowest BCUT2D eigenvalue weighted by Crippen LogP contribution is -2.35. The third-order valence-electron chi connectivity index (χ3n) is 5.46. The molecule has 2 aromatic heterocycles. The number of fused-ring (bicyclic) bond motifs is 1. The van der Waals surface area contributed by atoms with Gasteiger partial charge in [0.25, 0.3) is 0 Å². The van der Waals surface area contributed by atoms with E-state index in [1.807, 2.05) is 24.3 Å². The zero-order valence-electron chi connectivity index (χ0n) is 16.5. The second-order valence-corrected chi connectivity index (χ2v) is 7.65. The molecule has 0 aliphatic carbocycles. The van der Waals surface area contributed by atoms with Gasteiger partial charge in [0.2, 0.25) is 0 Å². The highest BCUT2D eigenvalue weighted by atomic mass is 16.5. The molecule has 3 heterocycles. The number of aliphatic hydroxyl groups excluding tert-OH is 1. The number of aromatic nitrogens is 4. The van der Waals surface area contributed by atoms with Crippen LogP contribution >= 0.6 is 0 Å². The molecule has 5 rings (SSSR count). The van der Waals surface area contributed by atoms with Gasteiger partial charge in [-0.2, -0.15) is 10.1 Å². The third kappa shape index (κ3) is 4.17. The molecule has 30 heavy (non-hydrogen) atoms. The van der Waals surface area contributed by atoms with Gasteiger partial charge in [-0.15, -0.1) is 0 Å². The number of hydrogen-bond donors (Lipinski definition) is 2. The topological polar surface area (TPSA) is 87.2 Å². The molecule has 0 amide bonds. The van der Waals surface area contributed by atoms with E-state index in [1.54, 1.807) is 12.4 Å². The van der Waals surface area contributed by atoms with Gasteiger partial charge in [0, 0.05) is 32.0 Å². The normalized spacial score (nSPS) is 15.5. The Hall–Kier alpha value is -3.29. The number of nitrogens with zero attached hydrogens (tertiary/aromatic N) is 4. The van der Waals surface area contributed by atoms with Gasteiger partial charge in [-0.25, -0.2) is 4.98 Å². The number of likely N-dealkylation sites (tertiary alicyclic amines) is 1. The van der Waals surface area contributed by atoms with Crippen LogP contribution in [0.25, 0.3) is 22.2 Å². The van der Waals surface area contributed by atoms with Crippen LogP contribution in [0.4, 0.5) is 0 Å². The molecule has 7 heteroatoms. The van der Waals surface area contributed by atoms with E-state index in [0.717, 1.165) is 49.2 Å². The summed E-state index contributed by atoms with van der Waals surface area (Å²) in [6, 6.07) is 16.5. The number of hydrogen-bond acceptors (Lipinski definition) is 6. The van der Waals surface area contributed by atoms with Crippen molar-refractivity contribution in [1.29, 1.82) is 0 Å². The molecule has 1 aliphatic heterocycles. The van der Waals surface area contributed by atoms with Crippen molar-refractivity contribution in [3.63, 3.8) is 0 Å². The number of aliphatic hydroxyl groups is 1. The van der Waals surface area contributed by atoms with Crippen LogP contribution in [0, 0.1) is 0 Å². The van der Waals surface area contributed by atoms with E-state index in [4.69, 9.17) is 4.74 Å². The second-order valence-electron chi connectivity index (χ2n) is 7.65. The standard InChI is InChI=1S/C23H23N5O2/c29-19-7-11-28(12-8-19)15-16-1-2-18-14-20(4-3-17(18)13-16)30-23-24-9-5-21(26-23)22-6-10-25-27-22/h1-6,9-10,13-14,19,29H,7-8,11-12,15H2,(H,25,27). The monoisotopic (exact) mass is 401 g/mol. The summed E-state index contributed by atoms with van der Waals surface area (Å²) in [5.41, 5.74) is 2.83. The van der Waals surface area contributed by atoms with Crippen molar-refractivity contribution in [2.24, 2.45) is 0 Å². The molecule has 0 spiro atoms. The Morgan fingerprint density at radius 3 is 2.67 bits per heavy atom. The van der Waals surface area contributed by atoms with Gasteiger partial charge in [0.05, 0.1) is 17.5 Å². The Morgan fingerprint density at radius 1 is 1.00 bits per heavy atom. The molecule has 0 radical (unpaired) electrons. The highest BCUT2D eigenvalue weighted by Crippen LogP contribution is 2.26. The molecule has 2 aromatic carbocycles. The Balaban J connectivity index is 1.31. The van der Waals surface area contributed by atoms with E-state index >= 15 is 0 Å². The van der Waals surface area contributed by atoms with Crippen molar-refractivity contribution in [3.05, 3.63) is 66.5 Å². The fourth-order valence-corrected chi connectivity index (χ4v) is 3.81. The molecular formula is C23H23N5O2. The van der Waals surface area contributed by atoms with E-state index in [-0.39, 0.29) is 6.10 Å². The number of nitrogens with one attached hydrogen (secondary N) is 1. The molecule has 4 aromatic rings. The number of benzene rings is 2. The van der Waals surface area contributed by atoms with Gasteiger partial charge in [-0.1, -0.05) is 18.2 Å². The minimum atomic E-state index is -0.138. The van der Waals surface area contributed by atoms with Crippen LogP contribution in [0.2, 0.25) is 0 Å². The van der Waals surface area contributed by atoms with Gasteiger partial charge in [-0.05, 0) is 59.5 Å². The smallest absolute Gasteiger partial charge is 0.322 e. The fourth-order valence-electron chi connectivity index (χ4n) is 3.81. The van der Waals surface area contributed by atoms with Crippen LogP contribution in [0.5, 0.6) is 11.8 Å². The van der Waals surface area contributed by atoms with Crippen molar-refractivity contribution >= 4 is 10.8 Å².